The van der Waals surface area contributed by atoms with Crippen LogP contribution < -0.4 is 16.0 Å². The van der Waals surface area contributed by atoms with Crippen molar-refractivity contribution in [2.24, 2.45) is 4.99 Å². The van der Waals surface area contributed by atoms with E-state index in [1.54, 1.807) is 13.0 Å². The number of aliphatic hydroxyl groups is 1. The van der Waals surface area contributed by atoms with Crippen molar-refractivity contribution in [3.05, 3.63) is 71.3 Å². The number of amides is 1. The molecule has 0 spiro atoms. The predicted octanol–water partition coefficient (Wildman–Crippen LogP) is 2.56. The Morgan fingerprint density at radius 3 is 2.69 bits per heavy atom. The predicted molar refractivity (Wildman–Crippen MR) is 127 cm³/mol. The van der Waals surface area contributed by atoms with Crippen LogP contribution in [0.1, 0.15) is 48.2 Å². The molecule has 1 amide bonds. The minimum Gasteiger partial charge on any atom is -0.384 e. The molecule has 7 nitrogen and oxygen atoms in total. The van der Waals surface area contributed by atoms with E-state index in [0.29, 0.717) is 37.7 Å². The van der Waals surface area contributed by atoms with Gasteiger partial charge in [-0.15, -0.1) is 0 Å². The normalized spacial score (nSPS) is 18.1. The van der Waals surface area contributed by atoms with Crippen LogP contribution in [-0.2, 0) is 16.9 Å². The van der Waals surface area contributed by atoms with Crippen LogP contribution >= 0.6 is 0 Å². The van der Waals surface area contributed by atoms with Gasteiger partial charge in [-0.1, -0.05) is 42.5 Å². The van der Waals surface area contributed by atoms with E-state index in [-0.39, 0.29) is 12.0 Å². The minimum atomic E-state index is -1.03. The molecule has 0 saturated carbocycles. The highest BCUT2D eigenvalue weighted by atomic mass is 16.5. The Kier molecular flexibility index (Phi) is 8.64. The van der Waals surface area contributed by atoms with Gasteiger partial charge in [-0.25, -0.2) is 4.99 Å². The van der Waals surface area contributed by atoms with Crippen LogP contribution in [0, 0.1) is 0 Å². The Labute approximate surface area is 190 Å². The van der Waals surface area contributed by atoms with Crippen LogP contribution in [0.4, 0.5) is 0 Å². The first kappa shape index (κ1) is 23.8. The molecule has 1 aliphatic heterocycles. The summed E-state index contributed by atoms with van der Waals surface area (Å²) in [6.45, 7) is 6.51. The summed E-state index contributed by atoms with van der Waals surface area (Å²) in [6.07, 6.45) is 2.16. The zero-order valence-electron chi connectivity index (χ0n) is 18.9. The zero-order valence-corrected chi connectivity index (χ0v) is 18.9. The average molecular weight is 439 g/mol. The smallest absolute Gasteiger partial charge is 0.251 e. The van der Waals surface area contributed by atoms with Gasteiger partial charge in [0.25, 0.3) is 5.91 Å². The highest BCUT2D eigenvalue weighted by Crippen LogP contribution is 2.19. The zero-order chi connectivity index (χ0) is 22.8. The fourth-order valence-electron chi connectivity index (χ4n) is 3.59. The molecule has 4 N–H and O–H groups in total. The third kappa shape index (κ3) is 7.07. The molecule has 3 rings (SSSR count). The van der Waals surface area contributed by atoms with Gasteiger partial charge in [0.15, 0.2) is 5.96 Å². The molecule has 0 aromatic heterocycles. The van der Waals surface area contributed by atoms with E-state index < -0.39 is 5.60 Å². The summed E-state index contributed by atoms with van der Waals surface area (Å²) < 4.78 is 5.56. The van der Waals surface area contributed by atoms with E-state index in [1.807, 2.05) is 55.5 Å². The summed E-state index contributed by atoms with van der Waals surface area (Å²) in [5.41, 5.74) is 1.35. The fourth-order valence-corrected chi connectivity index (χ4v) is 3.59. The minimum absolute atomic E-state index is 0.102. The summed E-state index contributed by atoms with van der Waals surface area (Å²) >= 11 is 0. The lowest BCUT2D eigenvalue weighted by Gasteiger charge is -2.25. The van der Waals surface area contributed by atoms with E-state index in [2.05, 4.69) is 20.9 Å². The van der Waals surface area contributed by atoms with Gasteiger partial charge >= 0.3 is 0 Å². The van der Waals surface area contributed by atoms with E-state index in [0.717, 1.165) is 30.6 Å². The van der Waals surface area contributed by atoms with Crippen LogP contribution in [0.15, 0.2) is 59.6 Å². The van der Waals surface area contributed by atoms with Crippen molar-refractivity contribution in [2.45, 2.75) is 44.9 Å². The Hall–Kier alpha value is -2.90. The van der Waals surface area contributed by atoms with E-state index in [1.165, 1.54) is 0 Å². The summed E-state index contributed by atoms with van der Waals surface area (Å²) in [5.74, 6) is 0.507. The van der Waals surface area contributed by atoms with Gasteiger partial charge in [-0.2, -0.15) is 0 Å². The van der Waals surface area contributed by atoms with Crippen molar-refractivity contribution in [3.63, 3.8) is 0 Å². The molecule has 0 bridgehead atoms. The molecule has 172 valence electrons. The number of ether oxygens (including phenoxy) is 1. The molecule has 0 radical (unpaired) electrons. The Bertz CT molecular complexity index is 893. The standard InChI is InChI=1S/C25H34N4O3/c1-3-26-24(29-18-25(2,31)21-11-5-4-6-12-21)28-16-19-9-7-10-20(15-19)23(30)27-17-22-13-8-14-32-22/h4-7,9-12,15,22,31H,3,8,13-14,16-18H2,1-2H3,(H,27,30)(H2,26,28,29). The largest absolute Gasteiger partial charge is 0.384 e. The SMILES string of the molecule is CCNC(=NCc1cccc(C(=O)NCC2CCCO2)c1)NCC(C)(O)c1ccccc1. The number of benzene rings is 2. The van der Waals surface area contributed by atoms with Crippen molar-refractivity contribution >= 4 is 11.9 Å². The third-order valence-corrected chi connectivity index (χ3v) is 5.46. The molecule has 1 saturated heterocycles. The maximum atomic E-state index is 12.5. The molecule has 32 heavy (non-hydrogen) atoms. The molecule has 0 aliphatic carbocycles. The number of guanidine groups is 1. The number of hydrogen-bond acceptors (Lipinski definition) is 4. The van der Waals surface area contributed by atoms with Gasteiger partial charge in [0.1, 0.15) is 5.60 Å². The Balaban J connectivity index is 1.58. The van der Waals surface area contributed by atoms with Crippen molar-refractivity contribution in [1.82, 2.24) is 16.0 Å². The van der Waals surface area contributed by atoms with Gasteiger partial charge in [0.05, 0.1) is 19.2 Å². The second-order valence-corrected chi connectivity index (χ2v) is 8.23. The number of nitrogens with zero attached hydrogens (tertiary/aromatic N) is 1. The lowest BCUT2D eigenvalue weighted by molar-refractivity contribution is 0.0617. The summed E-state index contributed by atoms with van der Waals surface area (Å²) in [5, 5.41) is 20.2. The molecular weight excluding hydrogens is 404 g/mol. The number of carbonyl (C=O) groups excluding carboxylic acids is 1. The lowest BCUT2D eigenvalue weighted by atomic mass is 9.96. The summed E-state index contributed by atoms with van der Waals surface area (Å²) in [7, 11) is 0. The number of hydrogen-bond donors (Lipinski definition) is 4. The van der Waals surface area contributed by atoms with Crippen molar-refractivity contribution in [3.8, 4) is 0 Å². The molecular formula is C25H34N4O3. The topological polar surface area (TPSA) is 95.0 Å². The first-order valence-corrected chi connectivity index (χ1v) is 11.3. The number of carbonyl (C=O) groups is 1. The number of nitrogens with one attached hydrogen (secondary N) is 3. The van der Waals surface area contributed by atoms with Crippen molar-refractivity contribution in [1.29, 1.82) is 0 Å². The molecule has 2 atom stereocenters. The molecule has 2 aromatic rings. The Morgan fingerprint density at radius 2 is 1.97 bits per heavy atom. The van der Waals surface area contributed by atoms with Crippen LogP contribution in [0.5, 0.6) is 0 Å². The quantitative estimate of drug-likeness (QED) is 0.357. The van der Waals surface area contributed by atoms with Crippen molar-refractivity contribution < 1.29 is 14.6 Å². The Morgan fingerprint density at radius 1 is 1.16 bits per heavy atom. The summed E-state index contributed by atoms with van der Waals surface area (Å²) in [6, 6.07) is 17.0. The van der Waals surface area contributed by atoms with E-state index in [9.17, 15) is 9.90 Å². The van der Waals surface area contributed by atoms with E-state index >= 15 is 0 Å². The fraction of sp³-hybridized carbons (Fsp3) is 0.440. The van der Waals surface area contributed by atoms with Crippen LogP contribution in [0.2, 0.25) is 0 Å². The molecule has 1 fully saturated rings. The summed E-state index contributed by atoms with van der Waals surface area (Å²) in [4.78, 5) is 17.1. The van der Waals surface area contributed by atoms with Gasteiger partial charge in [-0.05, 0) is 49.9 Å². The maximum absolute atomic E-state index is 12.5. The second kappa shape index (κ2) is 11.6. The second-order valence-electron chi connectivity index (χ2n) is 8.23. The van der Waals surface area contributed by atoms with Gasteiger partial charge < -0.3 is 25.8 Å². The van der Waals surface area contributed by atoms with Crippen molar-refractivity contribution in [2.75, 3.05) is 26.2 Å². The van der Waals surface area contributed by atoms with Gasteiger partial charge in [-0.3, -0.25) is 4.79 Å². The van der Waals surface area contributed by atoms with E-state index in [4.69, 9.17) is 4.74 Å². The highest BCUT2D eigenvalue weighted by molar-refractivity contribution is 5.94. The average Bonchev–Trinajstić information content (AvgIpc) is 3.34. The lowest BCUT2D eigenvalue weighted by Crippen LogP contribution is -2.44. The molecule has 7 heteroatoms. The van der Waals surface area contributed by atoms with Crippen LogP contribution in [0.3, 0.4) is 0 Å². The van der Waals surface area contributed by atoms with Crippen LogP contribution in [0.25, 0.3) is 0 Å². The number of rotatable bonds is 9. The maximum Gasteiger partial charge on any atom is 0.251 e. The first-order valence-electron chi connectivity index (χ1n) is 11.3. The molecule has 2 aromatic carbocycles. The van der Waals surface area contributed by atoms with Gasteiger partial charge in [0, 0.05) is 25.3 Å². The highest BCUT2D eigenvalue weighted by Gasteiger charge is 2.23. The van der Waals surface area contributed by atoms with Crippen LogP contribution in [-0.4, -0.2) is 49.3 Å². The first-order chi connectivity index (χ1) is 15.5. The van der Waals surface area contributed by atoms with Gasteiger partial charge in [0.2, 0.25) is 0 Å². The third-order valence-electron chi connectivity index (χ3n) is 5.46. The monoisotopic (exact) mass is 438 g/mol. The molecule has 1 aliphatic rings. The molecule has 1 heterocycles. The number of aliphatic imine (C=N–C) groups is 1. The molecule has 2 unspecified atom stereocenters.